The van der Waals surface area contributed by atoms with Gasteiger partial charge in [-0.2, -0.15) is 5.10 Å². The van der Waals surface area contributed by atoms with Crippen LogP contribution in [0.4, 0.5) is 0 Å². The number of hydrogen-bond acceptors (Lipinski definition) is 3. The molecule has 0 aliphatic carbocycles. The van der Waals surface area contributed by atoms with Crippen LogP contribution in [-0.2, 0) is 4.87 Å². The van der Waals surface area contributed by atoms with E-state index in [0.717, 1.165) is 10.6 Å². The molecule has 1 N–H and O–H groups in total. The van der Waals surface area contributed by atoms with Gasteiger partial charge in [0.15, 0.2) is 0 Å². The monoisotopic (exact) mass is 318 g/mol. The molecule has 1 heterocycles. The molecular formula is C20H18N2S. The van der Waals surface area contributed by atoms with Gasteiger partial charge in [0.25, 0.3) is 0 Å². The molecule has 1 atom stereocenters. The minimum atomic E-state index is -0.232. The van der Waals surface area contributed by atoms with E-state index in [-0.39, 0.29) is 4.87 Å². The van der Waals surface area contributed by atoms with Crippen molar-refractivity contribution in [2.75, 3.05) is 0 Å². The number of nitrogens with zero attached hydrogens (tertiary/aromatic N) is 1. The number of benzene rings is 3. The maximum Gasteiger partial charge on any atom is 0.128 e. The van der Waals surface area contributed by atoms with Gasteiger partial charge in [-0.05, 0) is 36.2 Å². The minimum Gasteiger partial charge on any atom is -0.288 e. The molecule has 4 rings (SSSR count). The van der Waals surface area contributed by atoms with Crippen LogP contribution in [-0.4, -0.2) is 5.04 Å². The first-order chi connectivity index (χ1) is 11.1. The van der Waals surface area contributed by atoms with Crippen LogP contribution < -0.4 is 5.43 Å². The molecule has 1 aliphatic heterocycles. The molecule has 0 amide bonds. The molecule has 0 unspecified atom stereocenters. The Bertz CT molecular complexity index is 899. The summed E-state index contributed by atoms with van der Waals surface area (Å²) in [4.78, 5) is -0.232. The molecule has 3 heteroatoms. The maximum atomic E-state index is 4.57. The van der Waals surface area contributed by atoms with Crippen molar-refractivity contribution in [2.45, 2.75) is 18.7 Å². The molecular weight excluding hydrogens is 300 g/mol. The van der Waals surface area contributed by atoms with Gasteiger partial charge in [0, 0.05) is 5.56 Å². The molecule has 114 valence electrons. The van der Waals surface area contributed by atoms with Crippen LogP contribution in [0.1, 0.15) is 23.6 Å². The number of aryl methyl sites for hydroxylation is 1. The van der Waals surface area contributed by atoms with E-state index < -0.39 is 0 Å². The predicted octanol–water partition coefficient (Wildman–Crippen LogP) is 5.02. The van der Waals surface area contributed by atoms with Crippen molar-refractivity contribution in [2.24, 2.45) is 5.10 Å². The van der Waals surface area contributed by atoms with Crippen LogP contribution in [0.3, 0.4) is 0 Å². The minimum absolute atomic E-state index is 0.232. The summed E-state index contributed by atoms with van der Waals surface area (Å²) >= 11 is 1.77. The summed E-state index contributed by atoms with van der Waals surface area (Å²) in [5.74, 6) is 0. The predicted molar refractivity (Wildman–Crippen MR) is 99.7 cm³/mol. The van der Waals surface area contributed by atoms with Crippen molar-refractivity contribution < 1.29 is 0 Å². The van der Waals surface area contributed by atoms with E-state index in [1.165, 1.54) is 21.9 Å². The van der Waals surface area contributed by atoms with Crippen LogP contribution in [0, 0.1) is 6.92 Å². The van der Waals surface area contributed by atoms with Gasteiger partial charge in [0.05, 0.1) is 0 Å². The van der Waals surface area contributed by atoms with Crippen LogP contribution in [0.25, 0.3) is 10.8 Å². The second-order valence-electron chi connectivity index (χ2n) is 6.09. The molecule has 23 heavy (non-hydrogen) atoms. The van der Waals surface area contributed by atoms with E-state index >= 15 is 0 Å². The molecule has 0 radical (unpaired) electrons. The fraction of sp³-hybridized carbons (Fsp3) is 0.150. The second kappa shape index (κ2) is 5.43. The summed E-state index contributed by atoms with van der Waals surface area (Å²) in [6.45, 7) is 4.29. The lowest BCUT2D eigenvalue weighted by molar-refractivity contribution is 0.563. The second-order valence-corrected chi connectivity index (χ2v) is 7.50. The number of rotatable bonds is 2. The van der Waals surface area contributed by atoms with Gasteiger partial charge >= 0.3 is 0 Å². The Morgan fingerprint density at radius 1 is 0.913 bits per heavy atom. The number of hydrazone groups is 1. The molecule has 0 spiro atoms. The molecule has 3 aromatic carbocycles. The smallest absolute Gasteiger partial charge is 0.128 e. The van der Waals surface area contributed by atoms with Crippen LogP contribution in [0.15, 0.2) is 71.8 Å². The normalized spacial score (nSPS) is 20.3. The zero-order valence-electron chi connectivity index (χ0n) is 13.2. The van der Waals surface area contributed by atoms with E-state index in [0.29, 0.717) is 0 Å². The first-order valence-electron chi connectivity index (χ1n) is 7.74. The summed E-state index contributed by atoms with van der Waals surface area (Å²) in [7, 11) is 0. The van der Waals surface area contributed by atoms with E-state index in [4.69, 9.17) is 0 Å². The van der Waals surface area contributed by atoms with Crippen LogP contribution in [0.5, 0.6) is 0 Å². The highest BCUT2D eigenvalue weighted by atomic mass is 32.2. The van der Waals surface area contributed by atoms with Crippen molar-refractivity contribution in [3.63, 3.8) is 0 Å². The third-order valence-electron chi connectivity index (χ3n) is 4.27. The summed E-state index contributed by atoms with van der Waals surface area (Å²) in [6.07, 6.45) is 0. The Kier molecular flexibility index (Phi) is 3.38. The fourth-order valence-electron chi connectivity index (χ4n) is 2.83. The van der Waals surface area contributed by atoms with Gasteiger partial charge in [-0.3, -0.25) is 5.43 Å². The van der Waals surface area contributed by atoms with Gasteiger partial charge in [0.1, 0.15) is 9.91 Å². The van der Waals surface area contributed by atoms with Crippen molar-refractivity contribution in [1.82, 2.24) is 5.43 Å². The molecule has 2 nitrogen and oxygen atoms in total. The lowest BCUT2D eigenvalue weighted by Gasteiger charge is -2.23. The highest BCUT2D eigenvalue weighted by Gasteiger charge is 2.34. The van der Waals surface area contributed by atoms with Crippen molar-refractivity contribution in [3.05, 3.63) is 83.4 Å². The molecule has 0 bridgehead atoms. The Morgan fingerprint density at radius 3 is 2.43 bits per heavy atom. The first kappa shape index (κ1) is 14.3. The van der Waals surface area contributed by atoms with Gasteiger partial charge in [-0.15, -0.1) is 0 Å². The van der Waals surface area contributed by atoms with Crippen molar-refractivity contribution in [1.29, 1.82) is 0 Å². The zero-order valence-corrected chi connectivity index (χ0v) is 14.0. The fourth-order valence-corrected chi connectivity index (χ4v) is 3.89. The Balaban J connectivity index is 1.65. The average molecular weight is 318 g/mol. The summed E-state index contributed by atoms with van der Waals surface area (Å²) in [5.41, 5.74) is 7.00. The van der Waals surface area contributed by atoms with E-state index in [9.17, 15) is 0 Å². The Morgan fingerprint density at radius 2 is 1.65 bits per heavy atom. The third kappa shape index (κ3) is 2.62. The summed E-state index contributed by atoms with van der Waals surface area (Å²) in [5, 5.41) is 8.14. The molecule has 0 fully saturated rings. The SMILES string of the molecule is Cc1ccc(C2=NN[C@](C)(c3ccc4ccccc4c3)S2)cc1. The topological polar surface area (TPSA) is 24.4 Å². The molecule has 0 aromatic heterocycles. The molecule has 1 aliphatic rings. The van der Waals surface area contributed by atoms with Crippen molar-refractivity contribution in [3.8, 4) is 0 Å². The van der Waals surface area contributed by atoms with Gasteiger partial charge in [-0.25, -0.2) is 0 Å². The van der Waals surface area contributed by atoms with E-state index in [2.05, 4.69) is 91.1 Å². The quantitative estimate of drug-likeness (QED) is 0.717. The standard InChI is InChI=1S/C20H18N2S/c1-14-7-9-16(10-8-14)19-21-22-20(2,23-19)18-12-11-15-5-3-4-6-17(15)13-18/h3-13,22H,1-2H3/t20-/m0/s1. The number of thioether (sulfide) groups is 1. The highest BCUT2D eigenvalue weighted by molar-refractivity contribution is 8.15. The lowest BCUT2D eigenvalue weighted by Crippen LogP contribution is -2.28. The van der Waals surface area contributed by atoms with E-state index in [1.54, 1.807) is 11.8 Å². The largest absolute Gasteiger partial charge is 0.288 e. The number of fused-ring (bicyclic) bond motifs is 1. The Labute approximate surface area is 140 Å². The maximum absolute atomic E-state index is 4.57. The first-order valence-corrected chi connectivity index (χ1v) is 8.56. The zero-order chi connectivity index (χ0) is 15.9. The number of nitrogens with one attached hydrogen (secondary N) is 1. The van der Waals surface area contributed by atoms with Gasteiger partial charge in [-0.1, -0.05) is 78.0 Å². The molecule has 3 aromatic rings. The molecule has 0 saturated heterocycles. The van der Waals surface area contributed by atoms with Crippen LogP contribution in [0.2, 0.25) is 0 Å². The third-order valence-corrected chi connectivity index (χ3v) is 5.53. The van der Waals surface area contributed by atoms with Gasteiger partial charge in [0.2, 0.25) is 0 Å². The Hall–Kier alpha value is -2.26. The van der Waals surface area contributed by atoms with E-state index in [1.807, 2.05) is 0 Å². The molecule has 0 saturated carbocycles. The summed E-state index contributed by atoms with van der Waals surface area (Å²) in [6, 6.07) is 23.6. The average Bonchev–Trinajstić information content (AvgIpc) is 2.99. The van der Waals surface area contributed by atoms with Crippen molar-refractivity contribution >= 4 is 27.6 Å². The number of hydrogen-bond donors (Lipinski definition) is 1. The van der Waals surface area contributed by atoms with Crippen LogP contribution >= 0.6 is 11.8 Å². The summed E-state index contributed by atoms with van der Waals surface area (Å²) < 4.78 is 0. The highest BCUT2D eigenvalue weighted by Crippen LogP contribution is 2.40. The lowest BCUT2D eigenvalue weighted by atomic mass is 10.0. The van der Waals surface area contributed by atoms with Gasteiger partial charge < -0.3 is 0 Å².